The number of fused-ring (bicyclic) bond motifs is 1. The van der Waals surface area contributed by atoms with Crippen LogP contribution in [0.2, 0.25) is 0 Å². The van der Waals surface area contributed by atoms with Crippen molar-refractivity contribution in [3.63, 3.8) is 0 Å². The smallest absolute Gasteiger partial charge is 0.0987 e. The molecule has 0 spiro atoms. The van der Waals surface area contributed by atoms with E-state index in [4.69, 9.17) is 0 Å². The number of hydrogen-bond acceptors (Lipinski definition) is 2. The molecule has 0 aliphatic carbocycles. The van der Waals surface area contributed by atoms with Gasteiger partial charge < -0.3 is 10.4 Å². The zero-order valence-electron chi connectivity index (χ0n) is 11.4. The van der Waals surface area contributed by atoms with Gasteiger partial charge in [-0.3, -0.25) is 0 Å². The van der Waals surface area contributed by atoms with E-state index in [0.717, 1.165) is 17.7 Å². The van der Waals surface area contributed by atoms with E-state index in [1.165, 1.54) is 16.7 Å². The molecular weight excluding hydrogens is 234 g/mol. The summed E-state index contributed by atoms with van der Waals surface area (Å²) < 4.78 is 0. The fourth-order valence-electron chi connectivity index (χ4n) is 2.87. The van der Waals surface area contributed by atoms with Crippen molar-refractivity contribution in [1.82, 2.24) is 5.32 Å². The molecule has 2 N–H and O–H groups in total. The molecule has 2 atom stereocenters. The van der Waals surface area contributed by atoms with Crippen molar-refractivity contribution in [1.29, 1.82) is 0 Å². The fourth-order valence-corrected chi connectivity index (χ4v) is 2.87. The summed E-state index contributed by atoms with van der Waals surface area (Å²) in [4.78, 5) is 0. The molecule has 3 rings (SSSR count). The van der Waals surface area contributed by atoms with Crippen LogP contribution in [0, 0.1) is 13.8 Å². The first kappa shape index (κ1) is 12.4. The highest BCUT2D eigenvalue weighted by molar-refractivity contribution is 5.39. The van der Waals surface area contributed by atoms with Crippen molar-refractivity contribution in [2.24, 2.45) is 0 Å². The lowest BCUT2D eigenvalue weighted by molar-refractivity contribution is 0.133. The van der Waals surface area contributed by atoms with Crippen LogP contribution in [0.15, 0.2) is 42.5 Å². The van der Waals surface area contributed by atoms with Crippen molar-refractivity contribution in [2.75, 3.05) is 0 Å². The van der Waals surface area contributed by atoms with Crippen molar-refractivity contribution in [3.8, 4) is 0 Å². The summed E-state index contributed by atoms with van der Waals surface area (Å²) in [6.45, 7) is 4.95. The molecule has 0 saturated heterocycles. The van der Waals surface area contributed by atoms with E-state index in [1.807, 2.05) is 12.1 Å². The molecule has 2 aromatic rings. The average molecular weight is 253 g/mol. The van der Waals surface area contributed by atoms with Crippen LogP contribution in [-0.4, -0.2) is 5.11 Å². The topological polar surface area (TPSA) is 32.3 Å². The van der Waals surface area contributed by atoms with Crippen LogP contribution < -0.4 is 5.32 Å². The summed E-state index contributed by atoms with van der Waals surface area (Å²) in [6.07, 6.45) is -0.497. The van der Waals surface area contributed by atoms with Gasteiger partial charge in [0.15, 0.2) is 0 Å². The second kappa shape index (κ2) is 4.80. The average Bonchev–Trinajstić information content (AvgIpc) is 2.84. The third-order valence-electron chi connectivity index (χ3n) is 3.97. The summed E-state index contributed by atoms with van der Waals surface area (Å²) in [5.74, 6) is 0. The molecule has 0 saturated carbocycles. The number of aliphatic hydroxyl groups excluding tert-OH is 1. The van der Waals surface area contributed by atoms with Gasteiger partial charge in [0, 0.05) is 6.54 Å². The van der Waals surface area contributed by atoms with Gasteiger partial charge in [-0.1, -0.05) is 48.0 Å². The monoisotopic (exact) mass is 253 g/mol. The van der Waals surface area contributed by atoms with E-state index in [2.05, 4.69) is 49.5 Å². The van der Waals surface area contributed by atoms with Gasteiger partial charge in [-0.25, -0.2) is 0 Å². The summed E-state index contributed by atoms with van der Waals surface area (Å²) in [5, 5.41) is 14.1. The Kier molecular flexibility index (Phi) is 3.13. The molecule has 0 radical (unpaired) electrons. The highest BCUT2D eigenvalue weighted by atomic mass is 16.3. The summed E-state index contributed by atoms with van der Waals surface area (Å²) in [6, 6.07) is 14.6. The SMILES string of the molecule is Cc1ccc(C)c(C(O)C2NCc3ccccc32)c1. The molecule has 0 amide bonds. The molecule has 0 fully saturated rings. The Bertz CT molecular complexity index is 606. The molecule has 98 valence electrons. The van der Waals surface area contributed by atoms with E-state index < -0.39 is 6.10 Å². The third-order valence-corrected chi connectivity index (χ3v) is 3.97. The molecule has 19 heavy (non-hydrogen) atoms. The van der Waals surface area contributed by atoms with Crippen molar-refractivity contribution < 1.29 is 5.11 Å². The predicted octanol–water partition coefficient (Wildman–Crippen LogP) is 3.18. The number of nitrogens with one attached hydrogen (secondary N) is 1. The van der Waals surface area contributed by atoms with E-state index >= 15 is 0 Å². The van der Waals surface area contributed by atoms with Gasteiger partial charge in [0.1, 0.15) is 0 Å². The minimum absolute atomic E-state index is 0.00306. The van der Waals surface area contributed by atoms with Crippen LogP contribution in [0.1, 0.15) is 40.0 Å². The van der Waals surface area contributed by atoms with Gasteiger partial charge >= 0.3 is 0 Å². The summed E-state index contributed by atoms with van der Waals surface area (Å²) in [7, 11) is 0. The number of benzene rings is 2. The Balaban J connectivity index is 1.97. The lowest BCUT2D eigenvalue weighted by Gasteiger charge is -2.22. The standard InChI is InChI=1S/C17H19NO/c1-11-7-8-12(2)15(9-11)17(19)16-14-6-4-3-5-13(14)10-18-16/h3-9,16-19H,10H2,1-2H3. The van der Waals surface area contributed by atoms with Gasteiger partial charge in [0.2, 0.25) is 0 Å². The van der Waals surface area contributed by atoms with E-state index in [1.54, 1.807) is 0 Å². The Labute approximate surface area is 114 Å². The minimum Gasteiger partial charge on any atom is -0.386 e. The first-order chi connectivity index (χ1) is 9.16. The van der Waals surface area contributed by atoms with Crippen LogP contribution >= 0.6 is 0 Å². The Morgan fingerprint density at radius 3 is 2.79 bits per heavy atom. The molecule has 2 heteroatoms. The maximum absolute atomic E-state index is 10.7. The lowest BCUT2D eigenvalue weighted by atomic mass is 9.92. The van der Waals surface area contributed by atoms with Crippen LogP contribution in [0.4, 0.5) is 0 Å². The molecular formula is C17H19NO. The van der Waals surface area contributed by atoms with Crippen LogP contribution in [-0.2, 0) is 6.54 Å². The van der Waals surface area contributed by atoms with Gasteiger partial charge in [0.05, 0.1) is 12.1 Å². The highest BCUT2D eigenvalue weighted by Gasteiger charge is 2.29. The molecule has 1 aliphatic rings. The van der Waals surface area contributed by atoms with Crippen LogP contribution in [0.3, 0.4) is 0 Å². The molecule has 1 aliphatic heterocycles. The summed E-state index contributed by atoms with van der Waals surface area (Å²) in [5.41, 5.74) is 5.86. The Hall–Kier alpha value is -1.64. The Morgan fingerprint density at radius 2 is 1.95 bits per heavy atom. The highest BCUT2D eigenvalue weighted by Crippen LogP contribution is 2.36. The zero-order chi connectivity index (χ0) is 13.4. The molecule has 2 unspecified atom stereocenters. The molecule has 1 heterocycles. The van der Waals surface area contributed by atoms with Crippen LogP contribution in [0.25, 0.3) is 0 Å². The number of rotatable bonds is 2. The van der Waals surface area contributed by atoms with Crippen molar-refractivity contribution in [3.05, 3.63) is 70.3 Å². The minimum atomic E-state index is -0.497. The quantitative estimate of drug-likeness (QED) is 0.861. The second-order valence-electron chi connectivity index (χ2n) is 5.36. The summed E-state index contributed by atoms with van der Waals surface area (Å²) >= 11 is 0. The number of aliphatic hydroxyl groups is 1. The van der Waals surface area contributed by atoms with Crippen molar-refractivity contribution in [2.45, 2.75) is 32.5 Å². The van der Waals surface area contributed by atoms with Crippen LogP contribution in [0.5, 0.6) is 0 Å². The van der Waals surface area contributed by atoms with Gasteiger partial charge in [-0.2, -0.15) is 0 Å². The first-order valence-corrected chi connectivity index (χ1v) is 6.73. The second-order valence-corrected chi connectivity index (χ2v) is 5.36. The van der Waals surface area contributed by atoms with E-state index in [9.17, 15) is 5.11 Å². The number of hydrogen-bond donors (Lipinski definition) is 2. The third kappa shape index (κ3) is 2.18. The molecule has 0 aromatic heterocycles. The normalized spacial score (nSPS) is 19.2. The van der Waals surface area contributed by atoms with E-state index in [0.29, 0.717) is 0 Å². The van der Waals surface area contributed by atoms with Crippen molar-refractivity contribution >= 4 is 0 Å². The largest absolute Gasteiger partial charge is 0.386 e. The maximum atomic E-state index is 10.7. The Morgan fingerprint density at radius 1 is 1.16 bits per heavy atom. The van der Waals surface area contributed by atoms with E-state index in [-0.39, 0.29) is 6.04 Å². The maximum Gasteiger partial charge on any atom is 0.0987 e. The fraction of sp³-hybridized carbons (Fsp3) is 0.294. The molecule has 2 nitrogen and oxygen atoms in total. The van der Waals surface area contributed by atoms with Gasteiger partial charge in [0.25, 0.3) is 0 Å². The lowest BCUT2D eigenvalue weighted by Crippen LogP contribution is -2.21. The molecule has 0 bridgehead atoms. The zero-order valence-corrected chi connectivity index (χ0v) is 11.4. The number of aryl methyl sites for hydroxylation is 2. The molecule has 2 aromatic carbocycles. The van der Waals surface area contributed by atoms with Gasteiger partial charge in [-0.05, 0) is 36.1 Å². The first-order valence-electron chi connectivity index (χ1n) is 6.73. The van der Waals surface area contributed by atoms with Gasteiger partial charge in [-0.15, -0.1) is 0 Å². The predicted molar refractivity (Wildman–Crippen MR) is 76.9 cm³/mol.